The summed E-state index contributed by atoms with van der Waals surface area (Å²) in [5.74, 6) is 0.749. The van der Waals surface area contributed by atoms with Gasteiger partial charge in [-0.05, 0) is 30.2 Å². The minimum atomic E-state index is -0.455. The molecule has 0 spiro atoms. The smallest absolute Gasteiger partial charge is 0.298 e. The van der Waals surface area contributed by atoms with E-state index >= 15 is 0 Å². The number of fused-ring (bicyclic) bond motifs is 1. The summed E-state index contributed by atoms with van der Waals surface area (Å²) in [5, 5.41) is 23.2. The number of hydrogen-bond acceptors (Lipinski definition) is 8. The minimum absolute atomic E-state index is 0.0133. The Morgan fingerprint density at radius 3 is 2.64 bits per heavy atom. The standard InChI is InChI=1S/C16H16N4O4S/c21-10-11-2-4-12(5-3-11)24-9-1-8-17-13-6-7-14(20(22)23)16-15(13)18-25-19-16/h2-7,17,21H,1,8-10H2. The molecule has 0 amide bonds. The van der Waals surface area contributed by atoms with Gasteiger partial charge in [0.15, 0.2) is 5.52 Å². The highest BCUT2D eigenvalue weighted by Crippen LogP contribution is 2.29. The van der Waals surface area contributed by atoms with Crippen molar-refractivity contribution in [2.75, 3.05) is 18.5 Å². The monoisotopic (exact) mass is 360 g/mol. The molecule has 2 aromatic carbocycles. The molecule has 0 aliphatic rings. The summed E-state index contributed by atoms with van der Waals surface area (Å²) < 4.78 is 13.8. The zero-order valence-corrected chi connectivity index (χ0v) is 14.0. The zero-order valence-electron chi connectivity index (χ0n) is 13.2. The third kappa shape index (κ3) is 4.01. The van der Waals surface area contributed by atoms with Gasteiger partial charge in [0.05, 0.1) is 35.6 Å². The van der Waals surface area contributed by atoms with Gasteiger partial charge in [-0.3, -0.25) is 10.1 Å². The van der Waals surface area contributed by atoms with E-state index in [0.717, 1.165) is 35.1 Å². The number of nitro benzene ring substituents is 1. The summed E-state index contributed by atoms with van der Waals surface area (Å²) in [6, 6.07) is 10.4. The largest absolute Gasteiger partial charge is 0.494 e. The van der Waals surface area contributed by atoms with Crippen LogP contribution in [-0.4, -0.2) is 31.9 Å². The first-order valence-corrected chi connectivity index (χ1v) is 8.38. The fourth-order valence-corrected chi connectivity index (χ4v) is 2.89. The molecule has 0 saturated heterocycles. The van der Waals surface area contributed by atoms with Crippen molar-refractivity contribution in [3.8, 4) is 5.75 Å². The van der Waals surface area contributed by atoms with Crippen LogP contribution in [0.1, 0.15) is 12.0 Å². The van der Waals surface area contributed by atoms with Crippen LogP contribution in [0, 0.1) is 10.1 Å². The van der Waals surface area contributed by atoms with Gasteiger partial charge in [-0.25, -0.2) is 0 Å². The quantitative estimate of drug-likeness (QED) is 0.361. The number of rotatable bonds is 8. The molecular weight excluding hydrogens is 344 g/mol. The van der Waals surface area contributed by atoms with E-state index in [9.17, 15) is 10.1 Å². The molecule has 8 nitrogen and oxygen atoms in total. The summed E-state index contributed by atoms with van der Waals surface area (Å²) >= 11 is 0.956. The third-order valence-corrected chi connectivity index (χ3v) is 4.13. The van der Waals surface area contributed by atoms with Gasteiger partial charge in [0.1, 0.15) is 11.3 Å². The average molecular weight is 360 g/mol. The number of hydrogen-bond donors (Lipinski definition) is 2. The van der Waals surface area contributed by atoms with Crippen molar-refractivity contribution in [1.82, 2.24) is 8.75 Å². The first-order chi connectivity index (χ1) is 12.2. The van der Waals surface area contributed by atoms with E-state index < -0.39 is 4.92 Å². The maximum Gasteiger partial charge on any atom is 0.298 e. The van der Waals surface area contributed by atoms with Gasteiger partial charge in [-0.1, -0.05) is 12.1 Å². The lowest BCUT2D eigenvalue weighted by Crippen LogP contribution is -2.08. The fourth-order valence-electron chi connectivity index (χ4n) is 2.32. The predicted octanol–water partition coefficient (Wildman–Crippen LogP) is 2.97. The molecule has 1 aromatic heterocycles. The molecule has 0 aliphatic carbocycles. The van der Waals surface area contributed by atoms with Crippen LogP contribution >= 0.6 is 11.7 Å². The highest BCUT2D eigenvalue weighted by molar-refractivity contribution is 7.00. The molecule has 2 N–H and O–H groups in total. The van der Waals surface area contributed by atoms with E-state index in [2.05, 4.69) is 14.1 Å². The fraction of sp³-hybridized carbons (Fsp3) is 0.250. The lowest BCUT2D eigenvalue weighted by atomic mass is 10.2. The highest BCUT2D eigenvalue weighted by atomic mass is 32.1. The number of nitrogens with zero attached hydrogens (tertiary/aromatic N) is 3. The molecule has 3 rings (SSSR count). The van der Waals surface area contributed by atoms with E-state index in [1.54, 1.807) is 6.07 Å². The molecule has 25 heavy (non-hydrogen) atoms. The van der Waals surface area contributed by atoms with Crippen LogP contribution < -0.4 is 10.1 Å². The second-order valence-electron chi connectivity index (χ2n) is 5.28. The minimum Gasteiger partial charge on any atom is -0.494 e. The summed E-state index contributed by atoms with van der Waals surface area (Å²) in [6.07, 6.45) is 0.748. The number of nitrogens with one attached hydrogen (secondary N) is 1. The Kier molecular flexibility index (Phi) is 5.36. The molecule has 130 valence electrons. The van der Waals surface area contributed by atoms with Crippen LogP contribution in [0.4, 0.5) is 11.4 Å². The van der Waals surface area contributed by atoms with Crippen molar-refractivity contribution in [3.05, 3.63) is 52.1 Å². The first-order valence-electron chi connectivity index (χ1n) is 7.65. The van der Waals surface area contributed by atoms with Crippen molar-refractivity contribution < 1.29 is 14.8 Å². The van der Waals surface area contributed by atoms with Crippen LogP contribution in [0.25, 0.3) is 11.0 Å². The van der Waals surface area contributed by atoms with Crippen molar-refractivity contribution in [2.24, 2.45) is 0 Å². The second kappa shape index (κ2) is 7.86. The Morgan fingerprint density at radius 1 is 1.16 bits per heavy atom. The summed E-state index contributed by atoms with van der Waals surface area (Å²) in [6.45, 7) is 1.18. The average Bonchev–Trinajstić information content (AvgIpc) is 3.11. The predicted molar refractivity (Wildman–Crippen MR) is 95.0 cm³/mol. The van der Waals surface area contributed by atoms with Crippen LogP contribution in [0.2, 0.25) is 0 Å². The third-order valence-electron chi connectivity index (χ3n) is 3.60. The van der Waals surface area contributed by atoms with Crippen LogP contribution in [0.15, 0.2) is 36.4 Å². The molecular formula is C16H16N4O4S. The normalized spacial score (nSPS) is 10.8. The Labute approximate surface area is 147 Å². The molecule has 3 aromatic rings. The number of benzene rings is 2. The number of anilines is 1. The van der Waals surface area contributed by atoms with Crippen molar-refractivity contribution in [3.63, 3.8) is 0 Å². The van der Waals surface area contributed by atoms with Crippen molar-refractivity contribution >= 4 is 34.1 Å². The van der Waals surface area contributed by atoms with Gasteiger partial charge >= 0.3 is 0 Å². The van der Waals surface area contributed by atoms with Crippen LogP contribution in [-0.2, 0) is 6.61 Å². The molecule has 0 unspecified atom stereocenters. The van der Waals surface area contributed by atoms with E-state index in [0.29, 0.717) is 24.2 Å². The van der Waals surface area contributed by atoms with Crippen molar-refractivity contribution in [1.29, 1.82) is 0 Å². The Balaban J connectivity index is 1.52. The number of aliphatic hydroxyl groups is 1. The maximum absolute atomic E-state index is 11.0. The topological polar surface area (TPSA) is 110 Å². The van der Waals surface area contributed by atoms with Gasteiger partial charge in [0.2, 0.25) is 0 Å². The number of nitro groups is 1. The van der Waals surface area contributed by atoms with Gasteiger partial charge in [0, 0.05) is 12.6 Å². The highest BCUT2D eigenvalue weighted by Gasteiger charge is 2.17. The zero-order chi connectivity index (χ0) is 17.6. The molecule has 9 heteroatoms. The molecule has 0 bridgehead atoms. The lowest BCUT2D eigenvalue weighted by molar-refractivity contribution is -0.383. The Hall–Kier alpha value is -2.78. The number of aliphatic hydroxyl groups excluding tert-OH is 1. The van der Waals surface area contributed by atoms with Gasteiger partial charge in [0.25, 0.3) is 5.69 Å². The number of ether oxygens (including phenoxy) is 1. The number of non-ortho nitro benzene ring substituents is 1. The molecule has 0 radical (unpaired) electrons. The van der Waals surface area contributed by atoms with Crippen LogP contribution in [0.5, 0.6) is 5.75 Å². The van der Waals surface area contributed by atoms with Gasteiger partial charge in [-0.15, -0.1) is 0 Å². The van der Waals surface area contributed by atoms with E-state index in [4.69, 9.17) is 9.84 Å². The SMILES string of the molecule is O=[N+]([O-])c1ccc(NCCCOc2ccc(CO)cc2)c2nsnc12. The summed E-state index contributed by atoms with van der Waals surface area (Å²) in [5.41, 5.74) is 2.35. The number of aromatic nitrogens is 2. The lowest BCUT2D eigenvalue weighted by Gasteiger charge is -2.09. The molecule has 1 heterocycles. The van der Waals surface area contributed by atoms with E-state index in [1.807, 2.05) is 24.3 Å². The molecule has 0 fully saturated rings. The van der Waals surface area contributed by atoms with Gasteiger partial charge < -0.3 is 15.2 Å². The van der Waals surface area contributed by atoms with E-state index in [-0.39, 0.29) is 12.3 Å². The Morgan fingerprint density at radius 2 is 1.92 bits per heavy atom. The van der Waals surface area contributed by atoms with Gasteiger partial charge in [-0.2, -0.15) is 8.75 Å². The van der Waals surface area contributed by atoms with Crippen LogP contribution in [0.3, 0.4) is 0 Å². The first kappa shape index (κ1) is 17.1. The second-order valence-corrected chi connectivity index (χ2v) is 5.81. The van der Waals surface area contributed by atoms with Crippen molar-refractivity contribution in [2.45, 2.75) is 13.0 Å². The summed E-state index contributed by atoms with van der Waals surface area (Å²) in [4.78, 5) is 10.5. The maximum atomic E-state index is 11.0. The van der Waals surface area contributed by atoms with E-state index in [1.165, 1.54) is 6.07 Å². The molecule has 0 atom stereocenters. The summed E-state index contributed by atoms with van der Waals surface area (Å²) in [7, 11) is 0. The Bertz CT molecular complexity index is 866. The molecule has 0 saturated carbocycles. The molecule has 0 aliphatic heterocycles.